The Labute approximate surface area is 310 Å². The van der Waals surface area contributed by atoms with Gasteiger partial charge in [0, 0.05) is 5.92 Å². The number of hydrogen-bond acceptors (Lipinski definition) is 6. The van der Waals surface area contributed by atoms with E-state index in [0.717, 1.165) is 89.9 Å². The van der Waals surface area contributed by atoms with Gasteiger partial charge in [-0.25, -0.2) is 0 Å². The predicted octanol–water partition coefficient (Wildman–Crippen LogP) is 11.6. The first-order valence-corrected chi connectivity index (χ1v) is 20.1. The molecule has 0 aliphatic carbocycles. The van der Waals surface area contributed by atoms with Crippen LogP contribution in [0, 0.1) is 28.6 Å². The van der Waals surface area contributed by atoms with Gasteiger partial charge in [0.15, 0.2) is 0 Å². The molecule has 0 amide bonds. The lowest BCUT2D eigenvalue weighted by Gasteiger charge is -2.30. The Bertz CT molecular complexity index is 1230. The van der Waals surface area contributed by atoms with E-state index in [-0.39, 0.29) is 41.0 Å². The molecular weight excluding hydrogens is 636 g/mol. The molecule has 0 aromatic rings. The fraction of sp³-hybridized carbons (Fsp3) is 0.667. The highest BCUT2D eigenvalue weighted by Gasteiger charge is 2.33. The summed E-state index contributed by atoms with van der Waals surface area (Å²) in [5, 5.41) is 9.92. The van der Waals surface area contributed by atoms with Crippen molar-refractivity contribution < 1.29 is 29.0 Å². The first-order valence-electron chi connectivity index (χ1n) is 20.1. The van der Waals surface area contributed by atoms with E-state index in [0.29, 0.717) is 25.2 Å². The van der Waals surface area contributed by atoms with Gasteiger partial charge in [-0.05, 0) is 113 Å². The summed E-state index contributed by atoms with van der Waals surface area (Å²) in [5.74, 6) is -1.19. The van der Waals surface area contributed by atoms with E-state index >= 15 is 0 Å². The number of cyclic esters (lactones) is 3. The fourth-order valence-electron chi connectivity index (χ4n) is 7.44. The first kappa shape index (κ1) is 44.2. The van der Waals surface area contributed by atoms with Crippen LogP contribution < -0.4 is 0 Å². The minimum absolute atomic E-state index is 0.0364. The zero-order valence-corrected chi connectivity index (χ0v) is 32.9. The van der Waals surface area contributed by atoms with Crippen LogP contribution in [0.5, 0.6) is 0 Å². The van der Waals surface area contributed by atoms with Gasteiger partial charge < -0.3 is 14.6 Å². The highest BCUT2D eigenvalue weighted by Crippen LogP contribution is 2.39. The summed E-state index contributed by atoms with van der Waals surface area (Å²) >= 11 is 0. The van der Waals surface area contributed by atoms with Gasteiger partial charge >= 0.3 is 17.9 Å². The molecule has 51 heavy (non-hydrogen) atoms. The molecule has 0 spiro atoms. The second-order valence-electron chi connectivity index (χ2n) is 15.0. The summed E-state index contributed by atoms with van der Waals surface area (Å²) in [4.78, 5) is 35.4. The molecule has 6 nitrogen and oxygen atoms in total. The molecule has 2 fully saturated rings. The number of esters is 3. The van der Waals surface area contributed by atoms with Crippen LogP contribution in [0.2, 0.25) is 0 Å². The lowest BCUT2D eigenvalue weighted by Crippen LogP contribution is -2.17. The molecule has 0 bridgehead atoms. The number of aliphatic hydroxyl groups excluding tert-OH is 1. The van der Waals surface area contributed by atoms with Crippen molar-refractivity contribution in [3.8, 4) is 0 Å². The normalized spacial score (nSPS) is 21.4. The van der Waals surface area contributed by atoms with E-state index in [1.54, 1.807) is 0 Å². The van der Waals surface area contributed by atoms with Crippen molar-refractivity contribution in [3.05, 3.63) is 72.4 Å². The topological polar surface area (TPSA) is 89.9 Å². The lowest BCUT2D eigenvalue weighted by molar-refractivity contribution is -0.156. The van der Waals surface area contributed by atoms with Gasteiger partial charge in [0.25, 0.3) is 0 Å². The van der Waals surface area contributed by atoms with Crippen LogP contribution in [0.1, 0.15) is 157 Å². The summed E-state index contributed by atoms with van der Waals surface area (Å²) in [5.41, 5.74) is 2.98. The standard InChI is InChI=1S/C45H70O6/c1-8-21-36(26-28-38-32-40(46)50-42(38)48)24-17-15-16-22-35(9-2)23-18-19-30-45(13-6,14-7)34-37(25-20-31-44(10-3,11-4)12-5)27-29-39-33-41(47)51-43(39)49/h9,15-16,19-20,26-27,30-31,35,38-39,42,48H,2,8,10-14,17-18,21-25,28-29,32-34H2,1,3-7H3. The monoisotopic (exact) mass is 707 g/mol. The second-order valence-corrected chi connectivity index (χ2v) is 15.0. The summed E-state index contributed by atoms with van der Waals surface area (Å²) in [6, 6.07) is 0. The van der Waals surface area contributed by atoms with Gasteiger partial charge in [-0.2, -0.15) is 0 Å². The van der Waals surface area contributed by atoms with E-state index in [1.165, 1.54) is 11.1 Å². The third-order valence-electron chi connectivity index (χ3n) is 11.7. The van der Waals surface area contributed by atoms with Crippen LogP contribution in [-0.4, -0.2) is 29.3 Å². The summed E-state index contributed by atoms with van der Waals surface area (Å²) in [7, 11) is 0. The fourth-order valence-corrected chi connectivity index (χ4v) is 7.44. The Hall–Kier alpha value is -2.99. The third kappa shape index (κ3) is 15.3. The molecule has 1 N–H and O–H groups in total. The highest BCUT2D eigenvalue weighted by molar-refractivity contribution is 5.94. The van der Waals surface area contributed by atoms with Crippen LogP contribution in [0.15, 0.2) is 72.4 Å². The van der Waals surface area contributed by atoms with E-state index in [1.807, 2.05) is 0 Å². The van der Waals surface area contributed by atoms with Crippen LogP contribution in [-0.2, 0) is 23.9 Å². The minimum atomic E-state index is -0.971. The number of carbonyl (C=O) groups is 3. The molecule has 2 saturated heterocycles. The average molecular weight is 707 g/mol. The molecule has 0 radical (unpaired) electrons. The van der Waals surface area contributed by atoms with Crippen LogP contribution in [0.25, 0.3) is 0 Å². The van der Waals surface area contributed by atoms with Crippen molar-refractivity contribution in [2.75, 3.05) is 0 Å². The molecule has 4 unspecified atom stereocenters. The summed E-state index contributed by atoms with van der Waals surface area (Å²) < 4.78 is 9.72. The highest BCUT2D eigenvalue weighted by atomic mass is 16.6. The lowest BCUT2D eigenvalue weighted by atomic mass is 9.75. The van der Waals surface area contributed by atoms with E-state index in [4.69, 9.17) is 9.47 Å². The quantitative estimate of drug-likeness (QED) is 0.0547. The molecule has 2 aliphatic rings. The van der Waals surface area contributed by atoms with Crippen LogP contribution >= 0.6 is 0 Å². The number of ether oxygens (including phenoxy) is 2. The molecule has 2 rings (SSSR count). The maximum absolute atomic E-state index is 12.2. The van der Waals surface area contributed by atoms with Crippen molar-refractivity contribution in [2.45, 2.75) is 163 Å². The minimum Gasteiger partial charge on any atom is -0.436 e. The molecule has 4 atom stereocenters. The Balaban J connectivity index is 1.99. The van der Waals surface area contributed by atoms with Crippen molar-refractivity contribution >= 4 is 17.9 Å². The van der Waals surface area contributed by atoms with Crippen LogP contribution in [0.4, 0.5) is 0 Å². The molecule has 0 aromatic heterocycles. The first-order chi connectivity index (χ1) is 24.5. The molecule has 2 heterocycles. The molecule has 0 aromatic carbocycles. The van der Waals surface area contributed by atoms with E-state index in [9.17, 15) is 19.5 Å². The third-order valence-corrected chi connectivity index (χ3v) is 11.7. The maximum Gasteiger partial charge on any atom is 0.317 e. The molecule has 2 aliphatic heterocycles. The molecule has 6 heteroatoms. The van der Waals surface area contributed by atoms with Gasteiger partial charge in [0.2, 0.25) is 6.29 Å². The van der Waals surface area contributed by atoms with Gasteiger partial charge in [-0.15, -0.1) is 6.58 Å². The molecule has 286 valence electrons. The average Bonchev–Trinajstić information content (AvgIpc) is 3.64. The Morgan fingerprint density at radius 2 is 1.47 bits per heavy atom. The van der Waals surface area contributed by atoms with Gasteiger partial charge in [-0.1, -0.05) is 114 Å². The Morgan fingerprint density at radius 3 is 2.04 bits per heavy atom. The second kappa shape index (κ2) is 23.5. The number of carbonyl (C=O) groups excluding carboxylic acids is 3. The van der Waals surface area contributed by atoms with Gasteiger partial charge in [0.1, 0.15) is 0 Å². The number of aliphatic hydroxyl groups is 1. The van der Waals surface area contributed by atoms with Crippen molar-refractivity contribution in [2.24, 2.45) is 28.6 Å². The zero-order valence-electron chi connectivity index (χ0n) is 32.9. The SMILES string of the molecule is C=CC(CC=CCCC(=CCC1CC(=O)OC1O)CCC)CCC=CC(CC)(CC)CC(=CCC1CC(=O)OC1=O)CC=CC(CC)(CC)CC. The summed E-state index contributed by atoms with van der Waals surface area (Å²) in [6.07, 6.45) is 35.7. The van der Waals surface area contributed by atoms with Crippen molar-refractivity contribution in [1.82, 2.24) is 0 Å². The smallest absolute Gasteiger partial charge is 0.317 e. The van der Waals surface area contributed by atoms with Crippen molar-refractivity contribution in [3.63, 3.8) is 0 Å². The number of allylic oxidation sites excluding steroid dienone is 11. The van der Waals surface area contributed by atoms with Crippen LogP contribution in [0.3, 0.4) is 0 Å². The Morgan fingerprint density at radius 1 is 0.804 bits per heavy atom. The number of rotatable bonds is 26. The molecule has 0 saturated carbocycles. The zero-order chi connectivity index (χ0) is 37.7. The van der Waals surface area contributed by atoms with E-state index in [2.05, 4.69) is 103 Å². The van der Waals surface area contributed by atoms with Crippen molar-refractivity contribution in [1.29, 1.82) is 0 Å². The summed E-state index contributed by atoms with van der Waals surface area (Å²) in [6.45, 7) is 17.7. The van der Waals surface area contributed by atoms with Gasteiger partial charge in [0.05, 0.1) is 18.8 Å². The maximum atomic E-state index is 12.2. The predicted molar refractivity (Wildman–Crippen MR) is 209 cm³/mol. The van der Waals surface area contributed by atoms with E-state index < -0.39 is 12.3 Å². The van der Waals surface area contributed by atoms with Gasteiger partial charge in [-0.3, -0.25) is 14.4 Å². The molecular formula is C45H70O6. The Kier molecular flexibility index (Phi) is 20.4. The number of hydrogen-bond donors (Lipinski definition) is 1. The largest absolute Gasteiger partial charge is 0.436 e.